The first-order valence-corrected chi connectivity index (χ1v) is 11.8. The van der Waals surface area contributed by atoms with Crippen LogP contribution in [0.15, 0.2) is 42.6 Å². The van der Waals surface area contributed by atoms with E-state index in [-0.39, 0.29) is 18.5 Å². The van der Waals surface area contributed by atoms with Gasteiger partial charge in [-0.15, -0.1) is 0 Å². The summed E-state index contributed by atoms with van der Waals surface area (Å²) in [5, 5.41) is 2.71. The van der Waals surface area contributed by atoms with Crippen molar-refractivity contribution >= 4 is 29.2 Å². The van der Waals surface area contributed by atoms with Crippen molar-refractivity contribution in [2.45, 2.75) is 58.5 Å². The number of hydrogen-bond donors (Lipinski definition) is 2. The van der Waals surface area contributed by atoms with Gasteiger partial charge in [-0.1, -0.05) is 51.1 Å². The summed E-state index contributed by atoms with van der Waals surface area (Å²) in [5.74, 6) is -0.496. The Morgan fingerprint density at radius 3 is 2.35 bits per heavy atom. The number of amides is 3. The summed E-state index contributed by atoms with van der Waals surface area (Å²) in [6.07, 6.45) is 3.58. The lowest BCUT2D eigenvalue weighted by atomic mass is 9.91. The normalized spacial score (nSPS) is 20.7. The van der Waals surface area contributed by atoms with E-state index in [1.807, 2.05) is 69.0 Å². The van der Waals surface area contributed by atoms with E-state index in [0.717, 1.165) is 24.0 Å². The number of hydrogen-bond acceptors (Lipinski definition) is 5. The number of nitrogens with zero attached hydrogens (tertiary/aromatic N) is 3. The average Bonchev–Trinajstić information content (AvgIpc) is 3.64. The van der Waals surface area contributed by atoms with Crippen LogP contribution >= 0.6 is 0 Å². The molecule has 34 heavy (non-hydrogen) atoms. The lowest BCUT2D eigenvalue weighted by Crippen LogP contribution is -2.60. The van der Waals surface area contributed by atoms with Gasteiger partial charge in [-0.3, -0.25) is 14.4 Å². The Morgan fingerprint density at radius 1 is 1.06 bits per heavy atom. The summed E-state index contributed by atoms with van der Waals surface area (Å²) >= 11 is 0. The number of aromatic nitrogens is 1. The summed E-state index contributed by atoms with van der Waals surface area (Å²) in [6.45, 7) is 8.18. The lowest BCUT2D eigenvalue weighted by Gasteiger charge is -2.46. The van der Waals surface area contributed by atoms with E-state index in [0.29, 0.717) is 24.0 Å². The molecular weight excluding hydrogens is 430 g/mol. The van der Waals surface area contributed by atoms with Gasteiger partial charge in [0.25, 0.3) is 0 Å². The highest BCUT2D eigenvalue weighted by Crippen LogP contribution is 2.42. The molecule has 1 aliphatic carbocycles. The Morgan fingerprint density at radius 2 is 1.74 bits per heavy atom. The molecule has 0 radical (unpaired) electrons. The van der Waals surface area contributed by atoms with Crippen molar-refractivity contribution in [3.05, 3.63) is 53.7 Å². The van der Waals surface area contributed by atoms with Crippen LogP contribution in [0.5, 0.6) is 0 Å². The molecule has 1 aromatic heterocycles. The van der Waals surface area contributed by atoms with E-state index in [4.69, 9.17) is 5.73 Å². The van der Waals surface area contributed by atoms with Gasteiger partial charge in [0.05, 0.1) is 17.9 Å². The van der Waals surface area contributed by atoms with Gasteiger partial charge in [-0.05, 0) is 42.9 Å². The largest absolute Gasteiger partial charge is 0.383 e. The summed E-state index contributed by atoms with van der Waals surface area (Å²) in [4.78, 5) is 47.1. The standard InChI is InChI=1S/C26H33N5O3/c1-16-14-31(21(18-8-6-5-7-9-18)15-30(16)25(34)26(2,3)4)24(33)23(32)29-19-12-20(17-10-11-17)22(27)28-13-19/h5-9,12-13,16-17,21H,10-11,14-15H2,1-4H3,(H2,27,28)(H,29,32)/t16?,21-/m1/s1. The van der Waals surface area contributed by atoms with Crippen LogP contribution in [0.25, 0.3) is 0 Å². The van der Waals surface area contributed by atoms with E-state index >= 15 is 0 Å². The van der Waals surface area contributed by atoms with E-state index < -0.39 is 23.3 Å². The zero-order valence-corrected chi connectivity index (χ0v) is 20.2. The van der Waals surface area contributed by atoms with Gasteiger partial charge in [-0.25, -0.2) is 4.98 Å². The van der Waals surface area contributed by atoms with Gasteiger partial charge in [0.15, 0.2) is 0 Å². The van der Waals surface area contributed by atoms with Crippen LogP contribution in [-0.4, -0.2) is 51.6 Å². The van der Waals surface area contributed by atoms with Crippen molar-refractivity contribution in [2.24, 2.45) is 5.41 Å². The molecule has 2 atom stereocenters. The molecule has 2 aromatic rings. The van der Waals surface area contributed by atoms with Crippen LogP contribution < -0.4 is 11.1 Å². The van der Waals surface area contributed by atoms with Crippen LogP contribution in [0, 0.1) is 5.41 Å². The molecule has 1 aliphatic heterocycles. The van der Waals surface area contributed by atoms with E-state index in [1.165, 1.54) is 6.20 Å². The van der Waals surface area contributed by atoms with Crippen LogP contribution in [0.2, 0.25) is 0 Å². The van der Waals surface area contributed by atoms with Gasteiger partial charge in [0.1, 0.15) is 5.82 Å². The Balaban J connectivity index is 1.57. The first-order chi connectivity index (χ1) is 16.1. The van der Waals surface area contributed by atoms with E-state index in [1.54, 1.807) is 4.90 Å². The molecule has 3 amide bonds. The number of piperazine rings is 1. The number of anilines is 2. The first kappa shape index (κ1) is 23.7. The van der Waals surface area contributed by atoms with Crippen LogP contribution in [0.1, 0.15) is 63.6 Å². The third-order valence-corrected chi connectivity index (χ3v) is 6.51. The fraction of sp³-hybridized carbons (Fsp3) is 0.462. The Hall–Kier alpha value is -3.42. The third-order valence-electron chi connectivity index (χ3n) is 6.51. The van der Waals surface area contributed by atoms with Crippen molar-refractivity contribution < 1.29 is 14.4 Å². The minimum atomic E-state index is -0.725. The summed E-state index contributed by atoms with van der Waals surface area (Å²) < 4.78 is 0. The minimum Gasteiger partial charge on any atom is -0.383 e. The summed E-state index contributed by atoms with van der Waals surface area (Å²) in [7, 11) is 0. The topological polar surface area (TPSA) is 109 Å². The molecule has 8 nitrogen and oxygen atoms in total. The number of nitrogens with one attached hydrogen (secondary N) is 1. The molecule has 1 saturated carbocycles. The smallest absolute Gasteiger partial charge is 0.313 e. The highest BCUT2D eigenvalue weighted by atomic mass is 16.2. The van der Waals surface area contributed by atoms with Gasteiger partial charge in [0.2, 0.25) is 5.91 Å². The number of benzene rings is 1. The summed E-state index contributed by atoms with van der Waals surface area (Å²) in [5.41, 5.74) is 7.68. The molecular formula is C26H33N5O3. The average molecular weight is 464 g/mol. The van der Waals surface area contributed by atoms with Crippen molar-refractivity contribution in [3.63, 3.8) is 0 Å². The molecule has 3 N–H and O–H groups in total. The van der Waals surface area contributed by atoms with Gasteiger partial charge < -0.3 is 20.9 Å². The van der Waals surface area contributed by atoms with E-state index in [2.05, 4.69) is 10.3 Å². The number of rotatable bonds is 3. The molecule has 0 bridgehead atoms. The van der Waals surface area contributed by atoms with Gasteiger partial charge in [-0.2, -0.15) is 0 Å². The molecule has 1 saturated heterocycles. The predicted octanol–water partition coefficient (Wildman–Crippen LogP) is 3.33. The maximum atomic E-state index is 13.4. The fourth-order valence-corrected chi connectivity index (χ4v) is 4.47. The molecule has 2 heterocycles. The third kappa shape index (κ3) is 4.90. The second-order valence-corrected chi connectivity index (χ2v) is 10.4. The molecule has 2 aliphatic rings. The van der Waals surface area contributed by atoms with Crippen molar-refractivity contribution in [3.8, 4) is 0 Å². The number of nitrogens with two attached hydrogens (primary N) is 1. The Kier molecular flexibility index (Phi) is 6.34. The minimum absolute atomic E-state index is 0.0260. The SMILES string of the molecule is CC1CN(C(=O)C(=O)Nc2cnc(N)c(C3CC3)c2)[C@@H](c2ccccc2)CN1C(=O)C(C)(C)C. The number of pyridine rings is 1. The monoisotopic (exact) mass is 463 g/mol. The number of carbonyl (C=O) groups excluding carboxylic acids is 3. The first-order valence-electron chi connectivity index (χ1n) is 11.8. The van der Waals surface area contributed by atoms with Crippen LogP contribution in [-0.2, 0) is 14.4 Å². The molecule has 1 aromatic carbocycles. The van der Waals surface area contributed by atoms with Crippen molar-refractivity contribution in [1.29, 1.82) is 0 Å². The van der Waals surface area contributed by atoms with Crippen LogP contribution in [0.4, 0.5) is 11.5 Å². The predicted molar refractivity (Wildman–Crippen MR) is 131 cm³/mol. The maximum absolute atomic E-state index is 13.4. The van der Waals surface area contributed by atoms with Crippen molar-refractivity contribution in [1.82, 2.24) is 14.8 Å². The Labute approximate surface area is 200 Å². The zero-order valence-electron chi connectivity index (χ0n) is 20.2. The van der Waals surface area contributed by atoms with Crippen LogP contribution in [0.3, 0.4) is 0 Å². The molecule has 4 rings (SSSR count). The molecule has 1 unspecified atom stereocenters. The second-order valence-electron chi connectivity index (χ2n) is 10.4. The van der Waals surface area contributed by atoms with Gasteiger partial charge in [0, 0.05) is 24.5 Å². The highest BCUT2D eigenvalue weighted by molar-refractivity contribution is 6.39. The highest BCUT2D eigenvalue weighted by Gasteiger charge is 2.41. The quantitative estimate of drug-likeness (QED) is 0.679. The van der Waals surface area contributed by atoms with Gasteiger partial charge >= 0.3 is 11.8 Å². The molecule has 2 fully saturated rings. The number of nitrogen functional groups attached to an aromatic ring is 1. The van der Waals surface area contributed by atoms with Crippen molar-refractivity contribution in [2.75, 3.05) is 24.1 Å². The van der Waals surface area contributed by atoms with E-state index in [9.17, 15) is 14.4 Å². The molecule has 8 heteroatoms. The zero-order chi connectivity index (χ0) is 24.6. The lowest BCUT2D eigenvalue weighted by molar-refractivity contribution is -0.154. The second kappa shape index (κ2) is 9.08. The Bertz CT molecular complexity index is 1090. The fourth-order valence-electron chi connectivity index (χ4n) is 4.47. The maximum Gasteiger partial charge on any atom is 0.313 e. The molecule has 180 valence electrons. The molecule has 0 spiro atoms. The summed E-state index contributed by atoms with van der Waals surface area (Å²) in [6, 6.07) is 10.7. The number of carbonyl (C=O) groups is 3.